The molecule has 1 aliphatic rings. The molecule has 6 heteroatoms. The molecule has 0 radical (unpaired) electrons. The van der Waals surface area contributed by atoms with Gasteiger partial charge in [-0.05, 0) is 44.2 Å². The first-order valence-electron chi connectivity index (χ1n) is 7.23. The number of thiophene rings is 1. The summed E-state index contributed by atoms with van der Waals surface area (Å²) in [6.07, 6.45) is 5.77. The molecule has 2 rings (SSSR count). The summed E-state index contributed by atoms with van der Waals surface area (Å²) in [6.45, 7) is 4.14. The highest BCUT2D eigenvalue weighted by Gasteiger charge is 2.28. The number of rotatable bonds is 5. The van der Waals surface area contributed by atoms with Gasteiger partial charge in [0.1, 0.15) is 4.21 Å². The van der Waals surface area contributed by atoms with Crippen molar-refractivity contribution >= 4 is 21.4 Å². The Kier molecular flexibility index (Phi) is 5.23. The second kappa shape index (κ2) is 6.56. The van der Waals surface area contributed by atoms with Crippen LogP contribution in [-0.2, 0) is 10.0 Å². The average Bonchev–Trinajstić information content (AvgIpc) is 2.77. The van der Waals surface area contributed by atoms with Gasteiger partial charge in [-0.1, -0.05) is 19.3 Å². The molecule has 1 heterocycles. The molecule has 0 spiro atoms. The van der Waals surface area contributed by atoms with E-state index in [1.807, 2.05) is 19.9 Å². The van der Waals surface area contributed by atoms with Crippen LogP contribution < -0.4 is 10.5 Å². The zero-order valence-corrected chi connectivity index (χ0v) is 13.8. The van der Waals surface area contributed by atoms with Crippen LogP contribution in [0.25, 0.3) is 0 Å². The Morgan fingerprint density at radius 1 is 1.35 bits per heavy atom. The fraction of sp³-hybridized carbons (Fsp3) is 0.714. The molecule has 0 amide bonds. The lowest BCUT2D eigenvalue weighted by atomic mass is 9.84. The maximum absolute atomic E-state index is 12.5. The summed E-state index contributed by atoms with van der Waals surface area (Å²) >= 11 is 1.33. The molecule has 0 bridgehead atoms. The molecule has 4 nitrogen and oxygen atoms in total. The third-order valence-electron chi connectivity index (χ3n) is 4.02. The van der Waals surface area contributed by atoms with E-state index in [1.165, 1.54) is 30.6 Å². The quantitative estimate of drug-likeness (QED) is 0.877. The molecule has 1 saturated carbocycles. The van der Waals surface area contributed by atoms with Crippen molar-refractivity contribution in [2.75, 3.05) is 6.54 Å². The van der Waals surface area contributed by atoms with Crippen LogP contribution in [0.2, 0.25) is 0 Å². The lowest BCUT2D eigenvalue weighted by molar-refractivity contribution is 0.294. The van der Waals surface area contributed by atoms with E-state index in [9.17, 15) is 8.42 Å². The van der Waals surface area contributed by atoms with Gasteiger partial charge in [0.05, 0.1) is 0 Å². The number of hydrogen-bond donors (Lipinski definition) is 2. The summed E-state index contributed by atoms with van der Waals surface area (Å²) in [6, 6.07) is 1.78. The van der Waals surface area contributed by atoms with E-state index in [-0.39, 0.29) is 6.04 Å². The lowest BCUT2D eigenvalue weighted by Gasteiger charge is -2.29. The summed E-state index contributed by atoms with van der Waals surface area (Å²) in [4.78, 5) is 1.02. The molecule has 0 saturated heterocycles. The Morgan fingerprint density at radius 2 is 2.00 bits per heavy atom. The SMILES string of the molecule is Cc1cc(C)c(S(=O)(=O)NC(CN)C2CCCCC2)s1. The van der Waals surface area contributed by atoms with Crippen molar-refractivity contribution < 1.29 is 8.42 Å². The van der Waals surface area contributed by atoms with Crippen LogP contribution >= 0.6 is 11.3 Å². The number of aryl methyl sites for hydroxylation is 2. The van der Waals surface area contributed by atoms with Gasteiger partial charge in [0, 0.05) is 17.5 Å². The minimum absolute atomic E-state index is 0.137. The highest BCUT2D eigenvalue weighted by Crippen LogP contribution is 2.29. The number of hydrogen-bond acceptors (Lipinski definition) is 4. The maximum atomic E-state index is 12.5. The molecule has 1 aromatic heterocycles. The summed E-state index contributed by atoms with van der Waals surface area (Å²) in [7, 11) is -3.44. The van der Waals surface area contributed by atoms with Crippen LogP contribution in [0.5, 0.6) is 0 Å². The van der Waals surface area contributed by atoms with Crippen molar-refractivity contribution in [3.05, 3.63) is 16.5 Å². The standard InChI is InChI=1S/C14H24N2O2S2/c1-10-8-11(2)19-14(10)20(17,18)16-13(9-15)12-6-4-3-5-7-12/h8,12-13,16H,3-7,9,15H2,1-2H3. The average molecular weight is 316 g/mol. The first-order valence-corrected chi connectivity index (χ1v) is 9.53. The van der Waals surface area contributed by atoms with Gasteiger partial charge in [-0.2, -0.15) is 0 Å². The molecule has 1 aliphatic carbocycles. The second-order valence-corrected chi connectivity index (χ2v) is 8.85. The van der Waals surface area contributed by atoms with Crippen molar-refractivity contribution in [3.8, 4) is 0 Å². The van der Waals surface area contributed by atoms with Gasteiger partial charge >= 0.3 is 0 Å². The minimum Gasteiger partial charge on any atom is -0.329 e. The van der Waals surface area contributed by atoms with E-state index >= 15 is 0 Å². The third kappa shape index (κ3) is 3.61. The van der Waals surface area contributed by atoms with Crippen LogP contribution in [0.4, 0.5) is 0 Å². The van der Waals surface area contributed by atoms with Crippen molar-refractivity contribution in [3.63, 3.8) is 0 Å². The molecule has 3 N–H and O–H groups in total. The number of sulfonamides is 1. The topological polar surface area (TPSA) is 72.2 Å². The summed E-state index contributed by atoms with van der Waals surface area (Å²) in [5.74, 6) is 0.380. The third-order valence-corrected chi connectivity index (χ3v) is 7.30. The maximum Gasteiger partial charge on any atom is 0.250 e. The first-order chi connectivity index (χ1) is 9.44. The predicted molar refractivity (Wildman–Crippen MR) is 83.5 cm³/mol. The molecule has 0 aromatic carbocycles. The number of nitrogens with one attached hydrogen (secondary N) is 1. The predicted octanol–water partition coefficient (Wildman–Crippen LogP) is 2.55. The largest absolute Gasteiger partial charge is 0.329 e. The summed E-state index contributed by atoms with van der Waals surface area (Å²) in [5.41, 5.74) is 6.63. The molecule has 1 atom stereocenters. The Bertz CT molecular complexity index is 546. The van der Waals surface area contributed by atoms with E-state index in [0.29, 0.717) is 16.7 Å². The zero-order chi connectivity index (χ0) is 14.8. The van der Waals surface area contributed by atoms with Gasteiger partial charge in [0.25, 0.3) is 10.0 Å². The molecular weight excluding hydrogens is 292 g/mol. The zero-order valence-electron chi connectivity index (χ0n) is 12.2. The van der Waals surface area contributed by atoms with Crippen molar-refractivity contribution in [2.45, 2.75) is 56.2 Å². The minimum atomic E-state index is -3.44. The van der Waals surface area contributed by atoms with Crippen LogP contribution in [0.15, 0.2) is 10.3 Å². The van der Waals surface area contributed by atoms with Crippen LogP contribution in [-0.4, -0.2) is 21.0 Å². The van der Waals surface area contributed by atoms with E-state index in [0.717, 1.165) is 23.3 Å². The molecule has 114 valence electrons. The summed E-state index contributed by atoms with van der Waals surface area (Å²) in [5, 5.41) is 0. The second-order valence-electron chi connectivity index (χ2n) is 5.69. The highest BCUT2D eigenvalue weighted by atomic mass is 32.2. The fourth-order valence-corrected chi connectivity index (χ4v) is 6.02. The van der Waals surface area contributed by atoms with Gasteiger partial charge in [0.15, 0.2) is 0 Å². The van der Waals surface area contributed by atoms with E-state index in [2.05, 4.69) is 4.72 Å². The highest BCUT2D eigenvalue weighted by molar-refractivity contribution is 7.91. The van der Waals surface area contributed by atoms with E-state index in [1.54, 1.807) is 0 Å². The Balaban J connectivity index is 2.15. The number of nitrogens with two attached hydrogens (primary N) is 1. The van der Waals surface area contributed by atoms with E-state index < -0.39 is 10.0 Å². The first kappa shape index (κ1) is 15.9. The van der Waals surface area contributed by atoms with E-state index in [4.69, 9.17) is 5.73 Å². The molecule has 1 fully saturated rings. The Hall–Kier alpha value is -0.430. The fourth-order valence-electron chi connectivity index (χ4n) is 3.01. The normalized spacial score (nSPS) is 19.1. The molecule has 0 aliphatic heterocycles. The molecule has 1 aromatic rings. The van der Waals surface area contributed by atoms with Crippen LogP contribution in [0.1, 0.15) is 42.5 Å². The molecule has 1 unspecified atom stereocenters. The van der Waals surface area contributed by atoms with Crippen LogP contribution in [0, 0.1) is 19.8 Å². The van der Waals surface area contributed by atoms with Crippen molar-refractivity contribution in [1.82, 2.24) is 4.72 Å². The van der Waals surface area contributed by atoms with Gasteiger partial charge < -0.3 is 5.73 Å². The Morgan fingerprint density at radius 3 is 2.50 bits per heavy atom. The van der Waals surface area contributed by atoms with Crippen molar-refractivity contribution in [1.29, 1.82) is 0 Å². The Labute approximate surface area is 125 Å². The van der Waals surface area contributed by atoms with Gasteiger partial charge in [0.2, 0.25) is 0 Å². The summed E-state index contributed by atoms with van der Waals surface area (Å²) < 4.78 is 28.3. The smallest absolute Gasteiger partial charge is 0.250 e. The van der Waals surface area contributed by atoms with Crippen molar-refractivity contribution in [2.24, 2.45) is 11.7 Å². The van der Waals surface area contributed by atoms with Gasteiger partial charge in [-0.3, -0.25) is 0 Å². The molecular formula is C14H24N2O2S2. The molecule has 20 heavy (non-hydrogen) atoms. The van der Waals surface area contributed by atoms with Crippen LogP contribution in [0.3, 0.4) is 0 Å². The van der Waals surface area contributed by atoms with Gasteiger partial charge in [-0.25, -0.2) is 13.1 Å². The lowest BCUT2D eigenvalue weighted by Crippen LogP contribution is -2.45. The monoisotopic (exact) mass is 316 g/mol. The van der Waals surface area contributed by atoms with Gasteiger partial charge in [-0.15, -0.1) is 11.3 Å².